The Morgan fingerprint density at radius 3 is 2.61 bits per heavy atom. The summed E-state index contributed by atoms with van der Waals surface area (Å²) in [5, 5.41) is 9.27. The van der Waals surface area contributed by atoms with Crippen molar-refractivity contribution in [3.63, 3.8) is 0 Å². The number of sulfone groups is 1. The lowest BCUT2D eigenvalue weighted by molar-refractivity contribution is 0.198. The van der Waals surface area contributed by atoms with Crippen LogP contribution in [0.3, 0.4) is 0 Å². The molecule has 1 aromatic rings. The molecule has 0 heterocycles. The average molecular weight is 276 g/mol. The van der Waals surface area contributed by atoms with Crippen LogP contribution in [0.25, 0.3) is 0 Å². The summed E-state index contributed by atoms with van der Waals surface area (Å²) < 4.78 is 41.0. The number of ether oxygens (including phenoxy) is 1. The maximum absolute atomic E-state index is 13.5. The van der Waals surface area contributed by atoms with Gasteiger partial charge in [-0.25, -0.2) is 12.8 Å². The largest absolute Gasteiger partial charge is 0.489 e. The lowest BCUT2D eigenvalue weighted by Crippen LogP contribution is -2.16. The highest BCUT2D eigenvalue weighted by molar-refractivity contribution is 7.91. The molecule has 102 valence electrons. The molecule has 0 saturated heterocycles. The Labute approximate surface area is 106 Å². The first-order valence-corrected chi connectivity index (χ1v) is 7.48. The first kappa shape index (κ1) is 14.9. The van der Waals surface area contributed by atoms with E-state index in [1.165, 1.54) is 25.1 Å². The van der Waals surface area contributed by atoms with E-state index >= 15 is 0 Å². The quantitative estimate of drug-likeness (QED) is 0.859. The van der Waals surface area contributed by atoms with Gasteiger partial charge in [0.05, 0.1) is 11.9 Å². The third-order valence-electron chi connectivity index (χ3n) is 2.53. The minimum atomic E-state index is -3.11. The minimum Gasteiger partial charge on any atom is -0.489 e. The molecule has 1 rings (SSSR count). The van der Waals surface area contributed by atoms with Gasteiger partial charge < -0.3 is 9.84 Å². The molecular weight excluding hydrogens is 259 g/mol. The maximum atomic E-state index is 13.5. The lowest BCUT2D eigenvalue weighted by Gasteiger charge is -2.10. The molecule has 0 bridgehead atoms. The molecular formula is C12H17FO4S. The van der Waals surface area contributed by atoms with Crippen LogP contribution in [0.4, 0.5) is 4.39 Å². The second-order valence-electron chi connectivity index (χ2n) is 3.95. The number of aliphatic hydroxyl groups excluding tert-OH is 1. The summed E-state index contributed by atoms with van der Waals surface area (Å²) in [4.78, 5) is 0. The molecule has 0 fully saturated rings. The van der Waals surface area contributed by atoms with E-state index in [0.717, 1.165) is 0 Å². The number of rotatable bonds is 6. The van der Waals surface area contributed by atoms with Gasteiger partial charge in [-0.05, 0) is 24.6 Å². The molecule has 1 aromatic carbocycles. The van der Waals surface area contributed by atoms with E-state index in [2.05, 4.69) is 0 Å². The second kappa shape index (κ2) is 6.15. The highest BCUT2D eigenvalue weighted by atomic mass is 32.2. The zero-order valence-electron chi connectivity index (χ0n) is 10.4. The van der Waals surface area contributed by atoms with Gasteiger partial charge in [0.25, 0.3) is 0 Å². The first-order valence-electron chi connectivity index (χ1n) is 5.66. The molecule has 0 unspecified atom stereocenters. The van der Waals surface area contributed by atoms with Crippen LogP contribution < -0.4 is 4.74 Å². The van der Waals surface area contributed by atoms with Crippen LogP contribution >= 0.6 is 0 Å². The van der Waals surface area contributed by atoms with Gasteiger partial charge in [0.2, 0.25) is 0 Å². The summed E-state index contributed by atoms with van der Waals surface area (Å²) in [6.07, 6.45) is -0.756. The first-order chi connectivity index (χ1) is 8.35. The maximum Gasteiger partial charge on any atom is 0.165 e. The Hall–Kier alpha value is -1.14. The fraction of sp³-hybridized carbons (Fsp3) is 0.500. The summed E-state index contributed by atoms with van der Waals surface area (Å²) in [6.45, 7) is 3.00. The zero-order valence-corrected chi connectivity index (χ0v) is 11.2. The minimum absolute atomic E-state index is 0.00861. The summed E-state index contributed by atoms with van der Waals surface area (Å²) in [7, 11) is -3.11. The van der Waals surface area contributed by atoms with Gasteiger partial charge >= 0.3 is 0 Å². The summed E-state index contributed by atoms with van der Waals surface area (Å²) >= 11 is 0. The number of hydrogen-bond donors (Lipinski definition) is 1. The lowest BCUT2D eigenvalue weighted by atomic mass is 10.1. The fourth-order valence-corrected chi connectivity index (χ4v) is 1.94. The van der Waals surface area contributed by atoms with Crippen molar-refractivity contribution in [3.8, 4) is 5.75 Å². The van der Waals surface area contributed by atoms with Crippen LogP contribution in [0.5, 0.6) is 5.75 Å². The molecule has 0 radical (unpaired) electrons. The predicted molar refractivity (Wildman–Crippen MR) is 66.9 cm³/mol. The van der Waals surface area contributed by atoms with E-state index in [0.29, 0.717) is 5.56 Å². The third kappa shape index (κ3) is 4.27. The highest BCUT2D eigenvalue weighted by Gasteiger charge is 2.10. The zero-order chi connectivity index (χ0) is 13.8. The number of aliphatic hydroxyl groups is 1. The Balaban J connectivity index is 2.64. The SMILES string of the molecule is CCS(=O)(=O)CCOc1ccc([C@H](C)O)cc1F. The van der Waals surface area contributed by atoms with E-state index in [9.17, 15) is 17.9 Å². The average Bonchev–Trinajstić information content (AvgIpc) is 2.31. The van der Waals surface area contributed by atoms with Gasteiger partial charge in [-0.3, -0.25) is 0 Å². The molecule has 6 heteroatoms. The van der Waals surface area contributed by atoms with Crippen molar-refractivity contribution in [2.24, 2.45) is 0 Å². The number of benzene rings is 1. The van der Waals surface area contributed by atoms with E-state index in [1.54, 1.807) is 6.92 Å². The Bertz CT molecular complexity index is 497. The molecule has 4 nitrogen and oxygen atoms in total. The van der Waals surface area contributed by atoms with E-state index < -0.39 is 21.8 Å². The van der Waals surface area contributed by atoms with Crippen LogP contribution in [0.2, 0.25) is 0 Å². The van der Waals surface area contributed by atoms with Crippen LogP contribution in [0, 0.1) is 5.82 Å². The summed E-state index contributed by atoms with van der Waals surface area (Å²) in [5.41, 5.74) is 0.445. The highest BCUT2D eigenvalue weighted by Crippen LogP contribution is 2.21. The van der Waals surface area contributed by atoms with Crippen molar-refractivity contribution in [1.82, 2.24) is 0 Å². The van der Waals surface area contributed by atoms with Gasteiger partial charge in [0.1, 0.15) is 6.61 Å². The van der Waals surface area contributed by atoms with Crippen molar-refractivity contribution in [2.45, 2.75) is 20.0 Å². The Morgan fingerprint density at radius 2 is 2.11 bits per heavy atom. The molecule has 0 aliphatic heterocycles. The summed E-state index contributed by atoms with van der Waals surface area (Å²) in [6, 6.07) is 4.10. The van der Waals surface area contributed by atoms with Gasteiger partial charge in [-0.1, -0.05) is 13.0 Å². The molecule has 1 atom stereocenters. The van der Waals surface area contributed by atoms with Crippen LogP contribution in [-0.2, 0) is 9.84 Å². The van der Waals surface area contributed by atoms with Gasteiger partial charge in [0, 0.05) is 5.75 Å². The molecule has 0 saturated carbocycles. The molecule has 0 aromatic heterocycles. The predicted octanol–water partition coefficient (Wildman–Crippen LogP) is 1.69. The molecule has 0 amide bonds. The number of halogens is 1. The molecule has 0 aliphatic rings. The van der Waals surface area contributed by atoms with Gasteiger partial charge in [0.15, 0.2) is 21.4 Å². The molecule has 18 heavy (non-hydrogen) atoms. The monoisotopic (exact) mass is 276 g/mol. The Kier molecular flexibility index (Phi) is 5.10. The normalized spacial score (nSPS) is 13.3. The number of hydrogen-bond acceptors (Lipinski definition) is 4. The topological polar surface area (TPSA) is 63.6 Å². The second-order valence-corrected chi connectivity index (χ2v) is 6.42. The van der Waals surface area contributed by atoms with Crippen molar-refractivity contribution in [3.05, 3.63) is 29.6 Å². The van der Waals surface area contributed by atoms with Crippen molar-refractivity contribution in [1.29, 1.82) is 0 Å². The van der Waals surface area contributed by atoms with E-state index in [1.807, 2.05) is 0 Å². The molecule has 1 N–H and O–H groups in total. The molecule has 0 aliphatic carbocycles. The van der Waals surface area contributed by atoms with Crippen molar-refractivity contribution < 1.29 is 22.7 Å². The standard InChI is InChI=1S/C12H17FO4S/c1-3-18(15,16)7-6-17-12-5-4-10(9(2)14)8-11(12)13/h4-5,8-9,14H,3,6-7H2,1-2H3/t9-/m0/s1. The van der Waals surface area contributed by atoms with E-state index in [-0.39, 0.29) is 23.9 Å². The van der Waals surface area contributed by atoms with E-state index in [4.69, 9.17) is 4.74 Å². The van der Waals surface area contributed by atoms with Gasteiger partial charge in [-0.15, -0.1) is 0 Å². The fourth-order valence-electron chi connectivity index (χ4n) is 1.32. The van der Waals surface area contributed by atoms with Crippen LogP contribution in [0.1, 0.15) is 25.5 Å². The smallest absolute Gasteiger partial charge is 0.165 e. The van der Waals surface area contributed by atoms with Crippen molar-refractivity contribution >= 4 is 9.84 Å². The van der Waals surface area contributed by atoms with Gasteiger partial charge in [-0.2, -0.15) is 0 Å². The Morgan fingerprint density at radius 1 is 1.44 bits per heavy atom. The van der Waals surface area contributed by atoms with Crippen LogP contribution in [-0.4, -0.2) is 31.6 Å². The third-order valence-corrected chi connectivity index (χ3v) is 4.20. The van der Waals surface area contributed by atoms with Crippen molar-refractivity contribution in [2.75, 3.05) is 18.1 Å². The molecule has 0 spiro atoms. The summed E-state index contributed by atoms with van der Waals surface area (Å²) in [5.74, 6) is -0.714. The van der Waals surface area contributed by atoms with Crippen LogP contribution in [0.15, 0.2) is 18.2 Å².